The fourth-order valence-electron chi connectivity index (χ4n) is 1.81. The second-order valence-electron chi connectivity index (χ2n) is 4.00. The molecule has 1 aromatic carbocycles. The molecule has 1 aliphatic rings. The highest BCUT2D eigenvalue weighted by Crippen LogP contribution is 2.26. The maximum absolute atomic E-state index is 11.9. The van der Waals surface area contributed by atoms with Crippen LogP contribution in [0.5, 0.6) is 11.5 Å². The molecule has 0 unspecified atom stereocenters. The number of phenols is 2. The van der Waals surface area contributed by atoms with Gasteiger partial charge in [0.15, 0.2) is 11.5 Å². The Bertz CT molecular complexity index is 420. The molecule has 5 nitrogen and oxygen atoms in total. The summed E-state index contributed by atoms with van der Waals surface area (Å²) in [5.41, 5.74) is 6.08. The van der Waals surface area contributed by atoms with Crippen molar-refractivity contribution in [1.29, 1.82) is 0 Å². The minimum Gasteiger partial charge on any atom is -0.504 e. The van der Waals surface area contributed by atoms with Crippen molar-refractivity contribution in [2.24, 2.45) is 5.73 Å². The summed E-state index contributed by atoms with van der Waals surface area (Å²) in [6.45, 7) is 1.18. The number of benzene rings is 1. The third-order valence-electron chi connectivity index (χ3n) is 2.73. The molecular weight excluding hydrogens is 208 g/mol. The molecule has 1 aliphatic heterocycles. The lowest BCUT2D eigenvalue weighted by atomic mass is 10.2. The highest BCUT2D eigenvalue weighted by atomic mass is 16.3. The molecule has 1 heterocycles. The van der Waals surface area contributed by atoms with Crippen LogP contribution in [-0.4, -0.2) is 40.2 Å². The molecule has 1 amide bonds. The fraction of sp³-hybridized carbons (Fsp3) is 0.364. The molecular formula is C11H14N2O3. The summed E-state index contributed by atoms with van der Waals surface area (Å²) in [5.74, 6) is -0.674. The van der Waals surface area contributed by atoms with Crippen molar-refractivity contribution in [3.05, 3.63) is 23.8 Å². The van der Waals surface area contributed by atoms with Gasteiger partial charge in [0.1, 0.15) is 0 Å². The largest absolute Gasteiger partial charge is 0.504 e. The number of rotatable bonds is 1. The number of hydrogen-bond acceptors (Lipinski definition) is 4. The number of nitrogens with zero attached hydrogens (tertiary/aromatic N) is 1. The van der Waals surface area contributed by atoms with Gasteiger partial charge in [0.2, 0.25) is 0 Å². The molecule has 0 aliphatic carbocycles. The van der Waals surface area contributed by atoms with Crippen LogP contribution in [0.3, 0.4) is 0 Å². The Labute approximate surface area is 93.1 Å². The first-order chi connectivity index (χ1) is 7.58. The second-order valence-corrected chi connectivity index (χ2v) is 4.00. The van der Waals surface area contributed by atoms with E-state index >= 15 is 0 Å². The van der Waals surface area contributed by atoms with Crippen molar-refractivity contribution in [3.8, 4) is 11.5 Å². The molecule has 1 atom stereocenters. The van der Waals surface area contributed by atoms with Crippen LogP contribution in [0.4, 0.5) is 0 Å². The maximum Gasteiger partial charge on any atom is 0.254 e. The normalized spacial score (nSPS) is 20.1. The van der Waals surface area contributed by atoms with Gasteiger partial charge in [0.25, 0.3) is 5.91 Å². The third kappa shape index (κ3) is 1.94. The number of aromatic hydroxyl groups is 2. The highest BCUT2D eigenvalue weighted by Gasteiger charge is 2.24. The fourth-order valence-corrected chi connectivity index (χ4v) is 1.81. The van der Waals surface area contributed by atoms with Gasteiger partial charge in [-0.15, -0.1) is 0 Å². The molecule has 0 bridgehead atoms. The molecule has 16 heavy (non-hydrogen) atoms. The zero-order valence-corrected chi connectivity index (χ0v) is 8.76. The lowest BCUT2D eigenvalue weighted by Crippen LogP contribution is -2.31. The van der Waals surface area contributed by atoms with Gasteiger partial charge >= 0.3 is 0 Å². The zero-order valence-electron chi connectivity index (χ0n) is 8.76. The van der Waals surface area contributed by atoms with E-state index in [0.717, 1.165) is 6.42 Å². The summed E-state index contributed by atoms with van der Waals surface area (Å²) in [7, 11) is 0. The second kappa shape index (κ2) is 4.02. The molecule has 0 saturated carbocycles. The number of hydrogen-bond donors (Lipinski definition) is 3. The predicted octanol–water partition coefficient (Wildman–Crippen LogP) is 0.271. The van der Waals surface area contributed by atoms with E-state index in [9.17, 15) is 9.90 Å². The van der Waals surface area contributed by atoms with Gasteiger partial charge in [-0.05, 0) is 24.6 Å². The summed E-state index contributed by atoms with van der Waals surface area (Å²) < 4.78 is 0. The first-order valence-corrected chi connectivity index (χ1v) is 5.15. The van der Waals surface area contributed by atoms with Crippen LogP contribution in [-0.2, 0) is 0 Å². The maximum atomic E-state index is 11.9. The van der Waals surface area contributed by atoms with Crippen molar-refractivity contribution < 1.29 is 15.0 Å². The van der Waals surface area contributed by atoms with Crippen molar-refractivity contribution in [1.82, 2.24) is 4.90 Å². The summed E-state index contributed by atoms with van der Waals surface area (Å²) in [5, 5.41) is 18.4. The van der Waals surface area contributed by atoms with E-state index in [0.29, 0.717) is 18.7 Å². The molecule has 4 N–H and O–H groups in total. The molecule has 86 valence electrons. The predicted molar refractivity (Wildman–Crippen MR) is 58.3 cm³/mol. The van der Waals surface area contributed by atoms with Gasteiger partial charge in [-0.25, -0.2) is 0 Å². The van der Waals surface area contributed by atoms with Gasteiger partial charge in [0, 0.05) is 24.7 Å². The Hall–Kier alpha value is -1.75. The summed E-state index contributed by atoms with van der Waals surface area (Å²) >= 11 is 0. The van der Waals surface area contributed by atoms with E-state index in [2.05, 4.69) is 0 Å². The van der Waals surface area contributed by atoms with Crippen LogP contribution < -0.4 is 5.73 Å². The number of nitrogens with two attached hydrogens (primary N) is 1. The van der Waals surface area contributed by atoms with E-state index in [4.69, 9.17) is 10.8 Å². The minimum absolute atomic E-state index is 0.0367. The lowest BCUT2D eigenvalue weighted by molar-refractivity contribution is 0.0790. The molecule has 5 heteroatoms. The monoisotopic (exact) mass is 222 g/mol. The van der Waals surface area contributed by atoms with Crippen molar-refractivity contribution in [3.63, 3.8) is 0 Å². The highest BCUT2D eigenvalue weighted by molar-refractivity contribution is 5.95. The quantitative estimate of drug-likeness (QED) is 0.595. The van der Waals surface area contributed by atoms with Gasteiger partial charge < -0.3 is 20.8 Å². The van der Waals surface area contributed by atoms with Crippen molar-refractivity contribution in [2.45, 2.75) is 12.5 Å². The summed E-state index contributed by atoms with van der Waals surface area (Å²) in [4.78, 5) is 13.6. The molecule has 1 saturated heterocycles. The smallest absolute Gasteiger partial charge is 0.254 e. The third-order valence-corrected chi connectivity index (χ3v) is 2.73. The SMILES string of the molecule is N[C@@H]1CCN(C(=O)c2ccc(O)c(O)c2)C1. The van der Waals surface area contributed by atoms with Crippen LogP contribution in [0.15, 0.2) is 18.2 Å². The Kier molecular flexibility index (Phi) is 2.70. The van der Waals surface area contributed by atoms with Crippen LogP contribution >= 0.6 is 0 Å². The van der Waals surface area contributed by atoms with E-state index in [1.165, 1.54) is 18.2 Å². The van der Waals surface area contributed by atoms with Crippen LogP contribution in [0.2, 0.25) is 0 Å². The Morgan fingerprint density at radius 1 is 1.38 bits per heavy atom. The molecule has 0 radical (unpaired) electrons. The summed E-state index contributed by atoms with van der Waals surface area (Å²) in [6.07, 6.45) is 0.801. The van der Waals surface area contributed by atoms with Gasteiger partial charge in [-0.1, -0.05) is 0 Å². The van der Waals surface area contributed by atoms with Gasteiger partial charge in [0.05, 0.1) is 0 Å². The number of carbonyl (C=O) groups excluding carboxylic acids is 1. The van der Waals surface area contributed by atoms with E-state index < -0.39 is 0 Å². The van der Waals surface area contributed by atoms with E-state index in [-0.39, 0.29) is 23.4 Å². The number of likely N-dealkylation sites (tertiary alicyclic amines) is 1. The van der Waals surface area contributed by atoms with Gasteiger partial charge in [-0.3, -0.25) is 4.79 Å². The lowest BCUT2D eigenvalue weighted by Gasteiger charge is -2.15. The minimum atomic E-state index is -0.283. The first kappa shape index (κ1) is 10.8. The molecule has 2 rings (SSSR count). The molecule has 0 aromatic heterocycles. The molecule has 0 spiro atoms. The Morgan fingerprint density at radius 2 is 2.12 bits per heavy atom. The zero-order chi connectivity index (χ0) is 11.7. The van der Waals surface area contributed by atoms with Crippen molar-refractivity contribution >= 4 is 5.91 Å². The van der Waals surface area contributed by atoms with E-state index in [1.807, 2.05) is 0 Å². The topological polar surface area (TPSA) is 86.8 Å². The number of amides is 1. The van der Waals surface area contributed by atoms with Gasteiger partial charge in [-0.2, -0.15) is 0 Å². The Balaban J connectivity index is 2.18. The number of phenolic OH excluding ortho intramolecular Hbond substituents is 2. The van der Waals surface area contributed by atoms with E-state index in [1.54, 1.807) is 4.90 Å². The standard InChI is InChI=1S/C11H14N2O3/c12-8-3-4-13(6-8)11(16)7-1-2-9(14)10(15)5-7/h1-2,5,8,14-15H,3-4,6,12H2/t8-/m1/s1. The first-order valence-electron chi connectivity index (χ1n) is 5.15. The molecule has 1 fully saturated rings. The Morgan fingerprint density at radius 3 is 2.69 bits per heavy atom. The molecule has 1 aromatic rings. The summed E-state index contributed by atoms with van der Waals surface area (Å²) in [6, 6.07) is 4.09. The van der Waals surface area contributed by atoms with Crippen LogP contribution in [0, 0.1) is 0 Å². The number of carbonyl (C=O) groups is 1. The van der Waals surface area contributed by atoms with Crippen LogP contribution in [0.1, 0.15) is 16.8 Å². The average molecular weight is 222 g/mol. The van der Waals surface area contributed by atoms with Crippen LogP contribution in [0.25, 0.3) is 0 Å². The van der Waals surface area contributed by atoms with Crippen molar-refractivity contribution in [2.75, 3.05) is 13.1 Å². The average Bonchev–Trinajstić information content (AvgIpc) is 2.68.